The smallest absolute Gasteiger partial charge is 0.339 e. The molecule has 7 heteroatoms. The van der Waals surface area contributed by atoms with Crippen LogP contribution in [0.2, 0.25) is 0 Å². The molecule has 154 valence electrons. The van der Waals surface area contributed by atoms with Gasteiger partial charge in [-0.15, -0.1) is 0 Å². The van der Waals surface area contributed by atoms with Crippen molar-refractivity contribution in [2.45, 2.75) is 17.5 Å². The lowest BCUT2D eigenvalue weighted by Crippen LogP contribution is -2.42. The average Bonchev–Trinajstić information content (AvgIpc) is 2.77. The van der Waals surface area contributed by atoms with Crippen molar-refractivity contribution in [2.24, 2.45) is 0 Å². The molecular formula is C23H21NO5S. The molecule has 0 unspecified atom stereocenters. The highest BCUT2D eigenvalue weighted by Gasteiger charge is 2.27. The van der Waals surface area contributed by atoms with Crippen LogP contribution < -0.4 is 4.18 Å². The molecule has 1 aliphatic heterocycles. The van der Waals surface area contributed by atoms with Crippen molar-refractivity contribution in [2.75, 3.05) is 13.2 Å². The number of hydrogen-bond acceptors (Lipinski definition) is 5. The van der Waals surface area contributed by atoms with E-state index >= 15 is 0 Å². The molecule has 0 spiro atoms. The number of nitrogens with zero attached hydrogens (tertiary/aromatic N) is 1. The number of benzene rings is 3. The molecule has 0 radical (unpaired) electrons. The van der Waals surface area contributed by atoms with E-state index in [0.29, 0.717) is 13.1 Å². The zero-order chi connectivity index (χ0) is 21.0. The molecule has 1 fully saturated rings. The zero-order valence-electron chi connectivity index (χ0n) is 16.2. The van der Waals surface area contributed by atoms with Crippen LogP contribution in [-0.2, 0) is 26.2 Å². The van der Waals surface area contributed by atoms with Crippen LogP contribution in [0.4, 0.5) is 0 Å². The van der Waals surface area contributed by atoms with Crippen LogP contribution in [0.25, 0.3) is 0 Å². The van der Waals surface area contributed by atoms with Crippen molar-refractivity contribution in [1.82, 2.24) is 4.90 Å². The maximum absolute atomic E-state index is 12.3. The second kappa shape index (κ2) is 8.69. The molecule has 3 aromatic carbocycles. The van der Waals surface area contributed by atoms with Gasteiger partial charge in [-0.3, -0.25) is 4.79 Å². The number of amides is 1. The van der Waals surface area contributed by atoms with Crippen molar-refractivity contribution in [3.05, 3.63) is 96.1 Å². The van der Waals surface area contributed by atoms with E-state index in [1.165, 1.54) is 12.1 Å². The van der Waals surface area contributed by atoms with E-state index in [1.807, 2.05) is 30.3 Å². The fourth-order valence-corrected chi connectivity index (χ4v) is 4.23. The van der Waals surface area contributed by atoms with E-state index < -0.39 is 10.1 Å². The Morgan fingerprint density at radius 3 is 2.20 bits per heavy atom. The molecule has 1 amide bonds. The first-order valence-corrected chi connectivity index (χ1v) is 10.9. The number of carbonyl (C=O) groups excluding carboxylic acids is 1. The van der Waals surface area contributed by atoms with Gasteiger partial charge in [-0.05, 0) is 35.4 Å². The number of morpholine rings is 1. The maximum atomic E-state index is 12.3. The van der Waals surface area contributed by atoms with Gasteiger partial charge >= 0.3 is 10.1 Å². The van der Waals surface area contributed by atoms with E-state index in [2.05, 4.69) is 0 Å². The molecule has 4 rings (SSSR count). The number of hydrogen-bond donors (Lipinski definition) is 0. The molecule has 6 nitrogen and oxygen atoms in total. The molecule has 0 saturated carbocycles. The van der Waals surface area contributed by atoms with Gasteiger partial charge in [-0.2, -0.15) is 8.42 Å². The molecular weight excluding hydrogens is 402 g/mol. The van der Waals surface area contributed by atoms with Gasteiger partial charge in [0.15, 0.2) is 0 Å². The Hall–Kier alpha value is -3.16. The Morgan fingerprint density at radius 1 is 0.900 bits per heavy atom. The highest BCUT2D eigenvalue weighted by molar-refractivity contribution is 7.87. The number of rotatable bonds is 6. The Kier molecular flexibility index (Phi) is 5.83. The minimum absolute atomic E-state index is 0.0120. The summed E-state index contributed by atoms with van der Waals surface area (Å²) in [5.74, 6) is 0.166. The van der Waals surface area contributed by atoms with Crippen molar-refractivity contribution in [3.63, 3.8) is 0 Å². The van der Waals surface area contributed by atoms with Gasteiger partial charge in [0.2, 0.25) is 5.91 Å². The van der Waals surface area contributed by atoms with Gasteiger partial charge in [-0.1, -0.05) is 60.7 Å². The Bertz CT molecular complexity index is 1100. The number of ether oxygens (including phenoxy) is 1. The molecule has 0 N–H and O–H groups in total. The van der Waals surface area contributed by atoms with Crippen molar-refractivity contribution >= 4 is 16.0 Å². The standard InChI is InChI=1S/C23H21NO5S/c25-23-17-28-22(16-24(23)15-18-7-3-1-4-8-18)19-11-13-20(14-12-19)29-30(26,27)21-9-5-2-6-10-21/h1-14,22H,15-17H2/t22-/m0/s1. The van der Waals surface area contributed by atoms with E-state index in [0.717, 1.165) is 11.1 Å². The quantitative estimate of drug-likeness (QED) is 0.567. The van der Waals surface area contributed by atoms with E-state index in [-0.39, 0.29) is 29.3 Å². The van der Waals surface area contributed by atoms with Crippen LogP contribution >= 0.6 is 0 Å². The minimum Gasteiger partial charge on any atom is -0.379 e. The first kappa shape index (κ1) is 20.1. The van der Waals surface area contributed by atoms with E-state index in [4.69, 9.17) is 8.92 Å². The molecule has 1 heterocycles. The molecule has 1 saturated heterocycles. The normalized spacial score (nSPS) is 17.0. The van der Waals surface area contributed by atoms with Crippen molar-refractivity contribution in [1.29, 1.82) is 0 Å². The van der Waals surface area contributed by atoms with Gasteiger partial charge in [0.25, 0.3) is 0 Å². The molecule has 0 aliphatic carbocycles. The molecule has 1 aliphatic rings. The van der Waals surface area contributed by atoms with Crippen molar-refractivity contribution in [3.8, 4) is 5.75 Å². The summed E-state index contributed by atoms with van der Waals surface area (Å²) in [5, 5.41) is 0. The first-order valence-electron chi connectivity index (χ1n) is 9.54. The van der Waals surface area contributed by atoms with Crippen molar-refractivity contribution < 1.29 is 22.1 Å². The lowest BCUT2D eigenvalue weighted by Gasteiger charge is -2.33. The zero-order valence-corrected chi connectivity index (χ0v) is 17.0. The molecule has 0 bridgehead atoms. The van der Waals surface area contributed by atoms with Gasteiger partial charge < -0.3 is 13.8 Å². The summed E-state index contributed by atoms with van der Waals surface area (Å²) < 4.78 is 35.6. The first-order chi connectivity index (χ1) is 14.5. The van der Waals surface area contributed by atoms with Crippen LogP contribution in [-0.4, -0.2) is 32.4 Å². The van der Waals surface area contributed by atoms with Gasteiger partial charge in [0, 0.05) is 6.54 Å². The summed E-state index contributed by atoms with van der Waals surface area (Å²) in [5.41, 5.74) is 1.91. The Labute approximate surface area is 175 Å². The maximum Gasteiger partial charge on any atom is 0.339 e. The second-order valence-electron chi connectivity index (χ2n) is 6.98. The number of carbonyl (C=O) groups is 1. The van der Waals surface area contributed by atoms with Gasteiger partial charge in [0.1, 0.15) is 23.4 Å². The third-order valence-electron chi connectivity index (χ3n) is 4.85. The van der Waals surface area contributed by atoms with Crippen LogP contribution in [0.5, 0.6) is 5.75 Å². The lowest BCUT2D eigenvalue weighted by molar-refractivity contribution is -0.150. The Balaban J connectivity index is 1.44. The topological polar surface area (TPSA) is 72.9 Å². The monoisotopic (exact) mass is 423 g/mol. The largest absolute Gasteiger partial charge is 0.379 e. The summed E-state index contributed by atoms with van der Waals surface area (Å²) in [4.78, 5) is 14.1. The van der Waals surface area contributed by atoms with Gasteiger partial charge in [0.05, 0.1) is 6.54 Å². The lowest BCUT2D eigenvalue weighted by atomic mass is 10.1. The summed E-state index contributed by atoms with van der Waals surface area (Å²) in [6, 6.07) is 24.5. The van der Waals surface area contributed by atoms with Crippen LogP contribution in [0.1, 0.15) is 17.2 Å². The summed E-state index contributed by atoms with van der Waals surface area (Å²) in [6.45, 7) is 0.963. The fourth-order valence-electron chi connectivity index (χ4n) is 3.28. The SMILES string of the molecule is O=C1CO[C@H](c2ccc(OS(=O)(=O)c3ccccc3)cc2)CN1Cc1ccccc1. The highest BCUT2D eigenvalue weighted by Crippen LogP contribution is 2.27. The minimum atomic E-state index is -3.89. The van der Waals surface area contributed by atoms with Crippen LogP contribution in [0.3, 0.4) is 0 Å². The fraction of sp³-hybridized carbons (Fsp3) is 0.174. The van der Waals surface area contributed by atoms with Gasteiger partial charge in [-0.25, -0.2) is 0 Å². The summed E-state index contributed by atoms with van der Waals surface area (Å²) >= 11 is 0. The third kappa shape index (κ3) is 4.69. The molecule has 3 aromatic rings. The molecule has 0 aromatic heterocycles. The second-order valence-corrected chi connectivity index (χ2v) is 8.53. The predicted molar refractivity (Wildman–Crippen MR) is 111 cm³/mol. The Morgan fingerprint density at radius 2 is 1.53 bits per heavy atom. The van der Waals surface area contributed by atoms with E-state index in [9.17, 15) is 13.2 Å². The average molecular weight is 423 g/mol. The van der Waals surface area contributed by atoms with Crippen LogP contribution in [0.15, 0.2) is 89.8 Å². The summed E-state index contributed by atoms with van der Waals surface area (Å²) in [7, 11) is -3.89. The summed E-state index contributed by atoms with van der Waals surface area (Å²) in [6.07, 6.45) is -0.286. The highest BCUT2D eigenvalue weighted by atomic mass is 32.2. The van der Waals surface area contributed by atoms with E-state index in [1.54, 1.807) is 47.4 Å². The predicted octanol–water partition coefficient (Wildman–Crippen LogP) is 3.55. The van der Waals surface area contributed by atoms with Crippen LogP contribution in [0, 0.1) is 0 Å². The molecule has 1 atom stereocenters. The molecule has 30 heavy (non-hydrogen) atoms. The third-order valence-corrected chi connectivity index (χ3v) is 6.11.